The molecule has 3 heteroatoms. The monoisotopic (exact) mass is 856 g/mol. The number of aryl methyl sites for hydroxylation is 8. The second kappa shape index (κ2) is 14.8. The Morgan fingerprint density at radius 1 is 0.354 bits per heavy atom. The van der Waals surface area contributed by atoms with Crippen LogP contribution in [-0.2, 0) is 0 Å². The summed E-state index contributed by atoms with van der Waals surface area (Å²) in [5.74, 6) is 0. The van der Waals surface area contributed by atoms with E-state index in [2.05, 4.69) is 165 Å². The Hall–Kier alpha value is -3.10. The number of rotatable bonds is 8. The zero-order valence-electron chi connectivity index (χ0n) is 29.2. The van der Waals surface area contributed by atoms with Gasteiger partial charge in [0.25, 0.3) is 0 Å². The predicted molar refractivity (Wildman–Crippen MR) is 214 cm³/mol. The van der Waals surface area contributed by atoms with Gasteiger partial charge < -0.3 is 0 Å². The number of benzene rings is 6. The first-order valence-corrected chi connectivity index (χ1v) is 20.3. The Morgan fingerprint density at radius 3 is 0.833 bits per heavy atom. The molecule has 0 saturated heterocycles. The van der Waals surface area contributed by atoms with Crippen LogP contribution in [0.4, 0.5) is 0 Å². The van der Waals surface area contributed by atoms with E-state index in [0.717, 1.165) is 0 Å². The summed E-state index contributed by atoms with van der Waals surface area (Å²) in [6.45, 7) is 17.7. The van der Waals surface area contributed by atoms with E-state index >= 15 is 0 Å². The molecule has 0 aliphatic carbocycles. The van der Waals surface area contributed by atoms with E-state index in [1.54, 1.807) is 0 Å². The van der Waals surface area contributed by atoms with Crippen molar-refractivity contribution < 1.29 is 0 Å². The van der Waals surface area contributed by atoms with E-state index < -0.39 is 0 Å². The molecular formula is C45H43BiS2. The third-order valence-electron chi connectivity index (χ3n) is 9.16. The summed E-state index contributed by atoms with van der Waals surface area (Å²) in [5, 5.41) is 0. The molecule has 0 spiro atoms. The summed E-state index contributed by atoms with van der Waals surface area (Å²) in [7, 11) is 0. The Morgan fingerprint density at radius 2 is 0.604 bits per heavy atom. The molecule has 0 saturated carbocycles. The maximum atomic E-state index is 2.33. The SMILES string of the molecule is Cc1ccc(-c2cccc(-c3ccc(C)cc3C)c2S[CH]([Bi])Sc2c(-c3ccc(C)cc3C)cccc2-c2ccc(C)cc2C)c(C)c1. The normalized spacial score (nSPS) is 11.4. The summed E-state index contributed by atoms with van der Waals surface area (Å²) in [6.07, 6.45) is 0. The van der Waals surface area contributed by atoms with Crippen molar-refractivity contribution in [3.8, 4) is 44.5 Å². The first kappa shape index (κ1) is 34.8. The van der Waals surface area contributed by atoms with Crippen LogP contribution in [-0.4, -0.2) is 27.0 Å². The Balaban J connectivity index is 1.51. The van der Waals surface area contributed by atoms with Crippen LogP contribution in [0.1, 0.15) is 44.5 Å². The van der Waals surface area contributed by atoms with E-state index in [1.807, 2.05) is 23.5 Å². The number of thioether (sulfide) groups is 2. The topological polar surface area (TPSA) is 0 Å². The molecule has 6 rings (SSSR count). The Labute approximate surface area is 311 Å². The van der Waals surface area contributed by atoms with Crippen molar-refractivity contribution in [1.82, 2.24) is 0 Å². The van der Waals surface area contributed by atoms with E-state index in [-0.39, 0.29) is 0 Å². The standard InChI is InChI=1S/C45H43S2.Bi/c1-28-15-19-36(32(5)23-28)40-11-9-12-41(37-20-16-29(2)24-33(37)6)44(40)46-27-47-45-42(38-21-17-30(3)25-34(38)7)13-10-14-43(45)39-22-18-31(4)26-35(39)8;/h9-27H,1-8H3;. The minimum atomic E-state index is 0.345. The van der Waals surface area contributed by atoms with Crippen molar-refractivity contribution in [2.24, 2.45) is 0 Å². The fraction of sp³-hybridized carbons (Fsp3) is 0.200. The van der Waals surface area contributed by atoms with E-state index in [4.69, 9.17) is 0 Å². The van der Waals surface area contributed by atoms with Crippen LogP contribution in [0.2, 0.25) is 0 Å². The maximum absolute atomic E-state index is 2.33. The Kier molecular flexibility index (Phi) is 10.7. The molecule has 0 unspecified atom stereocenters. The summed E-state index contributed by atoms with van der Waals surface area (Å²) in [4.78, 5) is 2.74. The molecule has 0 bridgehead atoms. The fourth-order valence-corrected chi connectivity index (χ4v) is 11.7. The molecule has 0 heterocycles. The van der Waals surface area contributed by atoms with E-state index in [0.29, 0.717) is 2.29 Å². The molecule has 0 aliphatic rings. The molecule has 0 aromatic heterocycles. The average molecular weight is 857 g/mol. The summed E-state index contributed by atoms with van der Waals surface area (Å²) in [6, 6.07) is 41.3. The van der Waals surface area contributed by atoms with Crippen molar-refractivity contribution in [3.63, 3.8) is 0 Å². The van der Waals surface area contributed by atoms with Crippen molar-refractivity contribution in [2.75, 3.05) is 0 Å². The molecule has 0 nitrogen and oxygen atoms in total. The van der Waals surface area contributed by atoms with Crippen LogP contribution < -0.4 is 0 Å². The van der Waals surface area contributed by atoms with Crippen LogP contribution in [0.15, 0.2) is 119 Å². The summed E-state index contributed by atoms with van der Waals surface area (Å²) >= 11 is 5.37. The quantitative estimate of drug-likeness (QED) is 0.0850. The van der Waals surface area contributed by atoms with Gasteiger partial charge in [-0.25, -0.2) is 0 Å². The van der Waals surface area contributed by atoms with Gasteiger partial charge in [0.1, 0.15) is 0 Å². The van der Waals surface area contributed by atoms with Gasteiger partial charge >= 0.3 is 314 Å². The van der Waals surface area contributed by atoms with Crippen LogP contribution >= 0.6 is 23.5 Å². The second-order valence-corrected chi connectivity index (χ2v) is 20.6. The number of hydrogen-bond acceptors (Lipinski definition) is 2. The van der Waals surface area contributed by atoms with Crippen LogP contribution in [0.5, 0.6) is 0 Å². The van der Waals surface area contributed by atoms with Gasteiger partial charge in [-0.05, 0) is 0 Å². The first-order valence-electron chi connectivity index (χ1n) is 16.6. The molecule has 2 radical (unpaired) electrons. The van der Waals surface area contributed by atoms with Gasteiger partial charge in [-0.3, -0.25) is 0 Å². The van der Waals surface area contributed by atoms with Crippen LogP contribution in [0, 0.1) is 55.4 Å². The molecular weight excluding hydrogens is 814 g/mol. The van der Waals surface area contributed by atoms with Crippen molar-refractivity contribution in [1.29, 1.82) is 0 Å². The molecule has 240 valence electrons. The predicted octanol–water partition coefficient (Wildman–Crippen LogP) is 13.2. The van der Waals surface area contributed by atoms with Gasteiger partial charge in [-0.15, -0.1) is 0 Å². The van der Waals surface area contributed by atoms with Gasteiger partial charge in [0.15, 0.2) is 0 Å². The summed E-state index contributed by atoms with van der Waals surface area (Å²) < 4.78 is 0.345. The molecule has 0 aliphatic heterocycles. The van der Waals surface area contributed by atoms with Gasteiger partial charge in [0, 0.05) is 0 Å². The van der Waals surface area contributed by atoms with Crippen molar-refractivity contribution in [2.45, 2.75) is 67.5 Å². The molecule has 48 heavy (non-hydrogen) atoms. The molecule has 6 aromatic rings. The molecule has 0 fully saturated rings. The first-order chi connectivity index (χ1) is 23.0. The third kappa shape index (κ3) is 7.40. The van der Waals surface area contributed by atoms with Gasteiger partial charge in [0.2, 0.25) is 0 Å². The zero-order chi connectivity index (χ0) is 34.1. The Bertz CT molecular complexity index is 1850. The molecule has 0 N–H and O–H groups in total. The van der Waals surface area contributed by atoms with E-state index in [1.165, 1.54) is 124 Å². The number of hydrogen-bond donors (Lipinski definition) is 0. The fourth-order valence-electron chi connectivity index (χ4n) is 6.87. The van der Waals surface area contributed by atoms with Gasteiger partial charge in [0.05, 0.1) is 0 Å². The van der Waals surface area contributed by atoms with Crippen molar-refractivity contribution in [3.05, 3.63) is 154 Å². The third-order valence-corrected chi connectivity index (χ3v) is 13.9. The molecule has 0 atom stereocenters. The molecule has 0 amide bonds. The van der Waals surface area contributed by atoms with Crippen LogP contribution in [0.25, 0.3) is 44.5 Å². The van der Waals surface area contributed by atoms with Gasteiger partial charge in [-0.1, -0.05) is 0 Å². The summed E-state index contributed by atoms with van der Waals surface area (Å²) in [5.41, 5.74) is 21.0. The average Bonchev–Trinajstić information content (AvgIpc) is 3.02. The minimum absolute atomic E-state index is 0.345. The van der Waals surface area contributed by atoms with Crippen LogP contribution in [0.3, 0.4) is 0 Å². The zero-order valence-corrected chi connectivity index (χ0v) is 34.3. The second-order valence-electron chi connectivity index (χ2n) is 13.2. The van der Waals surface area contributed by atoms with Crippen molar-refractivity contribution >= 4 is 48.2 Å². The molecule has 6 aromatic carbocycles. The van der Waals surface area contributed by atoms with Gasteiger partial charge in [-0.2, -0.15) is 0 Å². The van der Waals surface area contributed by atoms with E-state index in [9.17, 15) is 0 Å².